The Morgan fingerprint density at radius 2 is 2.56 bits per heavy atom. The molecule has 0 aromatic carbocycles. The van der Waals surface area contributed by atoms with E-state index in [0.717, 1.165) is 13.1 Å². The van der Waals surface area contributed by atoms with Crippen molar-refractivity contribution >= 4 is 0 Å². The van der Waals surface area contributed by atoms with Crippen LogP contribution < -0.4 is 10.6 Å². The molecule has 0 amide bonds. The van der Waals surface area contributed by atoms with Gasteiger partial charge in [-0.15, -0.1) is 0 Å². The highest BCUT2D eigenvalue weighted by molar-refractivity contribution is 4.74. The lowest BCUT2D eigenvalue weighted by molar-refractivity contribution is 0.402. The van der Waals surface area contributed by atoms with Crippen LogP contribution in [0.5, 0.6) is 0 Å². The Hall–Kier alpha value is -0.0800. The lowest BCUT2D eigenvalue weighted by Gasteiger charge is -2.22. The van der Waals surface area contributed by atoms with Gasteiger partial charge in [-0.3, -0.25) is 0 Å². The Kier molecular flexibility index (Phi) is 3.01. The van der Waals surface area contributed by atoms with Crippen molar-refractivity contribution in [3.8, 4) is 0 Å². The lowest BCUT2D eigenvalue weighted by Crippen LogP contribution is -2.42. The Morgan fingerprint density at radius 1 is 1.67 bits per heavy atom. The van der Waals surface area contributed by atoms with Gasteiger partial charge in [-0.05, 0) is 32.9 Å². The Bertz CT molecular complexity index is 64.6. The molecule has 1 aliphatic rings. The van der Waals surface area contributed by atoms with Gasteiger partial charge in [-0.25, -0.2) is 0 Å². The van der Waals surface area contributed by atoms with Crippen LogP contribution >= 0.6 is 0 Å². The molecule has 0 aromatic rings. The minimum Gasteiger partial charge on any atom is -0.315 e. The third-order valence-electron chi connectivity index (χ3n) is 1.73. The fourth-order valence-electron chi connectivity index (χ4n) is 1.23. The van der Waals surface area contributed by atoms with Gasteiger partial charge in [0.15, 0.2) is 0 Å². The molecule has 1 fully saturated rings. The average molecular weight is 127 g/mol. The molecule has 0 spiro atoms. The molecule has 1 saturated heterocycles. The zero-order valence-electron chi connectivity index (χ0n) is 5.82. The molecule has 2 nitrogen and oxygen atoms in total. The Morgan fingerprint density at radius 3 is 3.11 bits per heavy atom. The van der Waals surface area contributed by atoms with Gasteiger partial charge in [0.05, 0.1) is 0 Å². The predicted octanol–water partition coefficient (Wildman–Crippen LogP) is 0.162. The minimum atomic E-state index is 0.677. The van der Waals surface area contributed by atoms with Crippen molar-refractivity contribution < 1.29 is 0 Å². The SMILES string of the molecule is [CH2]CNC1CCCNC1. The molecule has 0 aromatic heterocycles. The first-order valence-electron chi connectivity index (χ1n) is 3.67. The van der Waals surface area contributed by atoms with Crippen LogP contribution in [0.15, 0.2) is 0 Å². The molecular formula is C7H15N2. The zero-order chi connectivity index (χ0) is 6.53. The van der Waals surface area contributed by atoms with E-state index in [4.69, 9.17) is 0 Å². The topological polar surface area (TPSA) is 24.1 Å². The van der Waals surface area contributed by atoms with E-state index < -0.39 is 0 Å². The van der Waals surface area contributed by atoms with Gasteiger partial charge in [-0.1, -0.05) is 0 Å². The summed E-state index contributed by atoms with van der Waals surface area (Å²) in [6, 6.07) is 0.677. The van der Waals surface area contributed by atoms with E-state index in [9.17, 15) is 0 Å². The largest absolute Gasteiger partial charge is 0.315 e. The molecule has 53 valence electrons. The molecule has 1 heterocycles. The second-order valence-electron chi connectivity index (χ2n) is 2.50. The van der Waals surface area contributed by atoms with E-state index in [1.54, 1.807) is 0 Å². The fourth-order valence-corrected chi connectivity index (χ4v) is 1.23. The normalized spacial score (nSPS) is 28.3. The summed E-state index contributed by atoms with van der Waals surface area (Å²) >= 11 is 0. The zero-order valence-corrected chi connectivity index (χ0v) is 5.82. The smallest absolute Gasteiger partial charge is 0.0192 e. The Balaban J connectivity index is 2.08. The van der Waals surface area contributed by atoms with Gasteiger partial charge in [0.25, 0.3) is 0 Å². The maximum Gasteiger partial charge on any atom is 0.0192 e. The van der Waals surface area contributed by atoms with Gasteiger partial charge in [0.2, 0.25) is 0 Å². The highest BCUT2D eigenvalue weighted by Crippen LogP contribution is 1.99. The molecule has 1 radical (unpaired) electrons. The van der Waals surface area contributed by atoms with E-state index >= 15 is 0 Å². The maximum absolute atomic E-state index is 3.74. The molecule has 2 N–H and O–H groups in total. The quantitative estimate of drug-likeness (QED) is 0.552. The molecule has 2 heteroatoms. The summed E-state index contributed by atoms with van der Waals surface area (Å²) in [5.74, 6) is 0. The molecular weight excluding hydrogens is 112 g/mol. The third-order valence-corrected chi connectivity index (χ3v) is 1.73. The van der Waals surface area contributed by atoms with Gasteiger partial charge in [0.1, 0.15) is 0 Å². The number of hydrogen-bond acceptors (Lipinski definition) is 2. The van der Waals surface area contributed by atoms with Crippen LogP contribution in [0.2, 0.25) is 0 Å². The van der Waals surface area contributed by atoms with Crippen molar-refractivity contribution in [1.29, 1.82) is 0 Å². The standard InChI is InChI=1S/C7H15N2/c1-2-9-7-4-3-5-8-6-7/h7-9H,1-6H2. The highest BCUT2D eigenvalue weighted by Gasteiger charge is 2.09. The van der Waals surface area contributed by atoms with Crippen LogP contribution in [0, 0.1) is 6.92 Å². The van der Waals surface area contributed by atoms with E-state index in [0.29, 0.717) is 6.04 Å². The first-order valence-corrected chi connectivity index (χ1v) is 3.67. The van der Waals surface area contributed by atoms with E-state index in [-0.39, 0.29) is 0 Å². The van der Waals surface area contributed by atoms with E-state index in [2.05, 4.69) is 17.6 Å². The van der Waals surface area contributed by atoms with Crippen LogP contribution in [0.3, 0.4) is 0 Å². The lowest BCUT2D eigenvalue weighted by atomic mass is 10.1. The minimum absolute atomic E-state index is 0.677. The van der Waals surface area contributed by atoms with Crippen LogP contribution in [-0.4, -0.2) is 25.7 Å². The van der Waals surface area contributed by atoms with Crippen LogP contribution in [0.4, 0.5) is 0 Å². The van der Waals surface area contributed by atoms with E-state index in [1.165, 1.54) is 19.4 Å². The summed E-state index contributed by atoms with van der Waals surface area (Å²) in [4.78, 5) is 0. The Labute approximate surface area is 57.0 Å². The number of hydrogen-bond donors (Lipinski definition) is 2. The first kappa shape index (κ1) is 7.03. The second-order valence-corrected chi connectivity index (χ2v) is 2.50. The highest BCUT2D eigenvalue weighted by atomic mass is 15.0. The van der Waals surface area contributed by atoms with Crippen molar-refractivity contribution in [2.75, 3.05) is 19.6 Å². The summed E-state index contributed by atoms with van der Waals surface area (Å²) in [7, 11) is 0. The summed E-state index contributed by atoms with van der Waals surface area (Å²) in [6.45, 7) is 6.90. The van der Waals surface area contributed by atoms with Crippen molar-refractivity contribution in [3.63, 3.8) is 0 Å². The molecule has 0 bridgehead atoms. The van der Waals surface area contributed by atoms with Crippen LogP contribution in [0.1, 0.15) is 12.8 Å². The van der Waals surface area contributed by atoms with Crippen molar-refractivity contribution in [3.05, 3.63) is 6.92 Å². The summed E-state index contributed by atoms with van der Waals surface area (Å²) in [5.41, 5.74) is 0. The summed E-state index contributed by atoms with van der Waals surface area (Å²) in [5, 5.41) is 6.64. The van der Waals surface area contributed by atoms with Gasteiger partial charge in [-0.2, -0.15) is 0 Å². The van der Waals surface area contributed by atoms with Crippen LogP contribution in [0.25, 0.3) is 0 Å². The molecule has 1 unspecified atom stereocenters. The first-order chi connectivity index (χ1) is 4.43. The molecule has 1 rings (SSSR count). The molecule has 1 atom stereocenters. The third kappa shape index (κ3) is 2.33. The molecule has 0 aliphatic carbocycles. The molecule has 9 heavy (non-hydrogen) atoms. The molecule has 0 saturated carbocycles. The van der Waals surface area contributed by atoms with Gasteiger partial charge >= 0.3 is 0 Å². The monoisotopic (exact) mass is 127 g/mol. The number of nitrogens with one attached hydrogen (secondary N) is 2. The van der Waals surface area contributed by atoms with E-state index in [1.807, 2.05) is 0 Å². The maximum atomic E-state index is 3.74. The predicted molar refractivity (Wildman–Crippen MR) is 39.3 cm³/mol. The fraction of sp³-hybridized carbons (Fsp3) is 0.857. The second kappa shape index (κ2) is 3.85. The number of piperidine rings is 1. The molecule has 1 aliphatic heterocycles. The number of rotatable bonds is 2. The van der Waals surface area contributed by atoms with Gasteiger partial charge < -0.3 is 10.6 Å². The summed E-state index contributed by atoms with van der Waals surface area (Å²) in [6.07, 6.45) is 2.61. The van der Waals surface area contributed by atoms with Crippen molar-refractivity contribution in [2.24, 2.45) is 0 Å². The average Bonchev–Trinajstić information content (AvgIpc) is 1.91. The van der Waals surface area contributed by atoms with Crippen LogP contribution in [-0.2, 0) is 0 Å². The van der Waals surface area contributed by atoms with Gasteiger partial charge in [0, 0.05) is 12.6 Å². The van der Waals surface area contributed by atoms with Crippen molar-refractivity contribution in [2.45, 2.75) is 18.9 Å². The van der Waals surface area contributed by atoms with Crippen molar-refractivity contribution in [1.82, 2.24) is 10.6 Å². The summed E-state index contributed by atoms with van der Waals surface area (Å²) < 4.78 is 0.